The van der Waals surface area contributed by atoms with E-state index in [4.69, 9.17) is 37.9 Å². The quantitative estimate of drug-likeness (QED) is 0.0393. The third-order valence-electron chi connectivity index (χ3n) is 18.0. The Hall–Kier alpha value is -5.20. The molecule has 3 fully saturated rings. The number of hydrogen-bond donors (Lipinski definition) is 6. The van der Waals surface area contributed by atoms with E-state index in [2.05, 4.69) is 24.7 Å². The number of sulfone groups is 1. The molecule has 1 aromatic carbocycles. The molecule has 0 saturated carbocycles. The van der Waals surface area contributed by atoms with Gasteiger partial charge >= 0.3 is 18.4 Å². The lowest BCUT2D eigenvalue weighted by atomic mass is 9.77. The van der Waals surface area contributed by atoms with Crippen LogP contribution in [0, 0.1) is 34.8 Å². The Morgan fingerprint density at radius 1 is 0.968 bits per heavy atom. The summed E-state index contributed by atoms with van der Waals surface area (Å²) in [5.41, 5.74) is -2.99. The van der Waals surface area contributed by atoms with Gasteiger partial charge in [-0.05, 0) is 112 Å². The van der Waals surface area contributed by atoms with Gasteiger partial charge in [-0.15, -0.1) is 0 Å². The van der Waals surface area contributed by atoms with Crippen molar-refractivity contribution in [3.63, 3.8) is 0 Å². The first-order chi connectivity index (χ1) is 43.8. The highest BCUT2D eigenvalue weighted by Gasteiger charge is 2.53. The number of imidazole rings is 2. The van der Waals surface area contributed by atoms with Crippen molar-refractivity contribution in [1.82, 2.24) is 34.3 Å². The molecule has 28 nitrogen and oxygen atoms in total. The molecule has 32 heteroatoms. The number of pyridine rings is 1. The molecule has 3 saturated heterocycles. The molecule has 7 rings (SSSR count). The molecule has 0 radical (unpaired) electrons. The molecular weight excluding hydrogens is 1280 g/mol. The van der Waals surface area contributed by atoms with Gasteiger partial charge in [-0.1, -0.05) is 27.7 Å². The van der Waals surface area contributed by atoms with E-state index in [-0.39, 0.29) is 77.9 Å². The summed E-state index contributed by atoms with van der Waals surface area (Å²) in [6, 6.07) is 5.08. The average Bonchev–Trinajstić information content (AvgIpc) is 1.03. The summed E-state index contributed by atoms with van der Waals surface area (Å²) in [5.74, 6) is -1.48. The van der Waals surface area contributed by atoms with Gasteiger partial charge in [-0.25, -0.2) is 23.0 Å². The lowest BCUT2D eigenvalue weighted by molar-refractivity contribution is -0.392. The smallest absolute Gasteiger partial charge is 0.387 e. The monoisotopic (exact) mass is 1380 g/mol. The molecule has 4 aromatic rings. The van der Waals surface area contributed by atoms with Gasteiger partial charge in [0.15, 0.2) is 44.9 Å². The highest BCUT2D eigenvalue weighted by molar-refractivity contribution is 7.91. The van der Waals surface area contributed by atoms with Crippen molar-refractivity contribution in [3.05, 3.63) is 58.3 Å². The number of likely N-dealkylation sites (N-methyl/N-ethyl adjacent to an activating group) is 2. The predicted octanol–water partition coefficient (Wildman–Crippen LogP) is 5.32. The van der Waals surface area contributed by atoms with Crippen molar-refractivity contribution in [1.29, 1.82) is 0 Å². The van der Waals surface area contributed by atoms with Gasteiger partial charge in [-0.2, -0.15) is 8.78 Å². The largest absolute Gasteiger partial charge is 0.493 e. The molecule has 0 aliphatic carbocycles. The molecular formula is C62H100F2N8O20S2. The fourth-order valence-electron chi connectivity index (χ4n) is 12.4. The second-order valence-corrected chi connectivity index (χ2v) is 29.4. The summed E-state index contributed by atoms with van der Waals surface area (Å²) in [7, 11) is 5.40. The number of nitro groups is 1. The molecule has 94 heavy (non-hydrogen) atoms. The number of ether oxygens (including phenoxy) is 9. The SMILES string of the molecule is CCS(=O)(=O)CCn1c([N+](=O)[O-])cnc1C.CC[C@H]1OC(=O)[C@H](C)[C@@H](O[C@H]2C[C@@](C)(OC)[C@@H](O)[C@H](C)O2)[C@H](C)[C@@H](O[C@@H]2O[C@H](C)C[C@H](N(C)C)[C@H]2O)[C@](C)(O)C[C@@H](C)CN(C)[C@H](C)[C@@H](O)[C@]1(C)O.COc1ccnc(CS(=O)c2nc3ccc(OC(F)F)cc3[nH]2)c1OC. The molecule has 3 aliphatic heterocycles. The van der Waals surface area contributed by atoms with Crippen molar-refractivity contribution >= 4 is 43.5 Å². The fourth-order valence-corrected chi connectivity index (χ4v) is 14.1. The Bertz CT molecular complexity index is 3240. The topological polar surface area (TPSA) is 362 Å². The van der Waals surface area contributed by atoms with Gasteiger partial charge in [0.05, 0.1) is 94.8 Å². The van der Waals surface area contributed by atoms with E-state index in [1.54, 1.807) is 61.5 Å². The minimum absolute atomic E-state index is 0.00962. The second kappa shape index (κ2) is 33.8. The van der Waals surface area contributed by atoms with Crippen molar-refractivity contribution in [2.24, 2.45) is 17.8 Å². The summed E-state index contributed by atoms with van der Waals surface area (Å²) in [5, 5.41) is 69.0. The number of nitrogens with zero attached hydrogens (tertiary/aromatic N) is 7. The average molecular weight is 1380 g/mol. The molecule has 0 bridgehead atoms. The number of nitrogens with one attached hydrogen (secondary N) is 1. The van der Waals surface area contributed by atoms with Crippen molar-refractivity contribution in [3.8, 4) is 17.2 Å². The Morgan fingerprint density at radius 2 is 1.64 bits per heavy atom. The van der Waals surface area contributed by atoms with Crippen LogP contribution in [0.4, 0.5) is 14.6 Å². The number of hydrogen-bond acceptors (Lipinski definition) is 25. The number of aliphatic hydroxyl groups is 5. The van der Waals surface area contributed by atoms with E-state index in [9.17, 15) is 61.8 Å². The Morgan fingerprint density at radius 3 is 2.22 bits per heavy atom. The van der Waals surface area contributed by atoms with Crippen LogP contribution in [-0.4, -0.2) is 241 Å². The maximum absolute atomic E-state index is 14.2. The number of carbonyl (C=O) groups is 1. The summed E-state index contributed by atoms with van der Waals surface area (Å²) in [6.45, 7) is 18.3. The van der Waals surface area contributed by atoms with Gasteiger partial charge in [0.2, 0.25) is 0 Å². The lowest BCUT2D eigenvalue weighted by Crippen LogP contribution is -2.60. The van der Waals surface area contributed by atoms with Crippen molar-refractivity contribution in [2.75, 3.05) is 60.5 Å². The number of rotatable bonds is 19. The van der Waals surface area contributed by atoms with Gasteiger partial charge in [0.25, 0.3) is 0 Å². The number of aromatic nitrogens is 5. The number of aliphatic hydroxyl groups excluding tert-OH is 3. The van der Waals surface area contributed by atoms with E-state index in [1.807, 2.05) is 51.7 Å². The number of benzene rings is 1. The van der Waals surface area contributed by atoms with E-state index in [0.717, 1.165) is 6.20 Å². The number of carbonyl (C=O) groups excluding carboxylic acids is 1. The number of cyclic esters (lactones) is 1. The Labute approximate surface area is 551 Å². The number of H-pyrrole nitrogens is 1. The van der Waals surface area contributed by atoms with Crippen LogP contribution in [0.1, 0.15) is 113 Å². The van der Waals surface area contributed by atoms with Crippen LogP contribution in [0.2, 0.25) is 0 Å². The number of alkyl halides is 2. The van der Waals surface area contributed by atoms with Crippen LogP contribution in [-0.2, 0) is 66.2 Å². The van der Waals surface area contributed by atoms with Crippen LogP contribution in [0.5, 0.6) is 17.2 Å². The Balaban J connectivity index is 0.000000311. The molecule has 534 valence electrons. The normalized spacial score (nSPS) is 32.8. The first-order valence-corrected chi connectivity index (χ1v) is 34.4. The van der Waals surface area contributed by atoms with Gasteiger partial charge in [-0.3, -0.25) is 14.0 Å². The van der Waals surface area contributed by atoms with Crippen molar-refractivity contribution in [2.45, 2.75) is 223 Å². The molecule has 6 heterocycles. The lowest BCUT2D eigenvalue weighted by Gasteiger charge is -2.48. The number of methoxy groups -OCH3 is 3. The predicted molar refractivity (Wildman–Crippen MR) is 342 cm³/mol. The zero-order valence-corrected chi connectivity index (χ0v) is 58.8. The number of aryl methyl sites for hydroxylation is 1. The number of halogens is 2. The third kappa shape index (κ3) is 20.0. The standard InChI is InChI=1S/C38H72N2O12.C16H15F2N3O4S.C8H13N3O4S/c1-15-27-38(10,46)31(42)24(6)40(13)19-20(2)17-36(8,45)33(52-35-29(41)26(39(11)12)16-21(3)48-35)22(4)30(23(5)34(44)50-27)51-28-18-37(9,47-14)32(43)25(7)49-28;1-23-13-5-6-19-12(14(13)24-2)8-26(22)16-20-10-4-3-9(25-15(17)18)7-11(10)21-16;1-3-16(14,15)5-4-10-7(2)9-6-8(10)11(12)13/h20-33,35,41-43,45-46H,15-19H2,1-14H3;3-7,15H,8H2,1-2H3,(H,20,21);6H,3-5H2,1-2H3/t20-,21-,22+,23-,24-,25+,26+,27-,28+,29-,30+,31-,32+,33-,35+,36-,37-,38-;;/m1../s1. The first-order valence-electron chi connectivity index (χ1n) is 31.3. The second-order valence-electron chi connectivity index (χ2n) is 25.6. The first kappa shape index (κ1) is 79.5. The molecule has 0 spiro atoms. The molecule has 3 aromatic heterocycles. The zero-order valence-electron chi connectivity index (χ0n) is 57.1. The highest BCUT2D eigenvalue weighted by Crippen LogP contribution is 2.41. The molecule has 19 atom stereocenters. The fraction of sp³-hybridized carbons (Fsp3) is 0.742. The van der Waals surface area contributed by atoms with Gasteiger partial charge in [0.1, 0.15) is 48.5 Å². The van der Waals surface area contributed by atoms with Crippen LogP contribution in [0.3, 0.4) is 0 Å². The number of aromatic amines is 1. The maximum atomic E-state index is 14.2. The van der Waals surface area contributed by atoms with E-state index < -0.39 is 128 Å². The minimum Gasteiger partial charge on any atom is -0.493 e. The molecule has 0 amide bonds. The van der Waals surface area contributed by atoms with Gasteiger partial charge < -0.3 is 93.1 Å². The van der Waals surface area contributed by atoms with E-state index in [0.29, 0.717) is 47.0 Å². The van der Waals surface area contributed by atoms with Gasteiger partial charge in [0, 0.05) is 69.1 Å². The highest BCUT2D eigenvalue weighted by atomic mass is 32.2. The summed E-state index contributed by atoms with van der Waals surface area (Å²) >= 11 is 0. The summed E-state index contributed by atoms with van der Waals surface area (Å²) in [4.78, 5) is 43.2. The Kier molecular flexibility index (Phi) is 28.6. The zero-order chi connectivity index (χ0) is 70.7. The third-order valence-corrected chi connectivity index (χ3v) is 20.8. The van der Waals surface area contributed by atoms with E-state index >= 15 is 0 Å². The number of esters is 1. The molecule has 1 unspecified atom stereocenters. The van der Waals surface area contributed by atoms with E-state index in [1.165, 1.54) is 57.2 Å². The summed E-state index contributed by atoms with van der Waals surface area (Å²) < 4.78 is 113. The van der Waals surface area contributed by atoms with Crippen molar-refractivity contribution < 1.29 is 99.3 Å². The number of fused-ring (bicyclic) bond motifs is 1. The van der Waals surface area contributed by atoms with Crippen LogP contribution in [0.15, 0.2) is 41.8 Å². The molecule has 6 N–H and O–H groups in total. The minimum atomic E-state index is -3.13. The van der Waals surface area contributed by atoms with Crippen LogP contribution >= 0.6 is 0 Å². The maximum Gasteiger partial charge on any atom is 0.387 e. The van der Waals surface area contributed by atoms with Crippen LogP contribution in [0.25, 0.3) is 11.0 Å². The van der Waals surface area contributed by atoms with Crippen LogP contribution < -0.4 is 14.2 Å². The summed E-state index contributed by atoms with van der Waals surface area (Å²) in [6.07, 6.45) is -5.53. The molecule has 3 aliphatic rings.